The SMILES string of the molecule is CC(C)(C)c1ccc(-n2c(-c3ccccc3O)nc3c(-c4cc(-c5ccccc5)cc(-c5cc6c(cn5)C(C)(C)c5ccccc5-6)c4)cccc32)c(-c2ccccc2)c1. The van der Waals surface area contributed by atoms with E-state index in [0.717, 1.165) is 61.4 Å². The first kappa shape index (κ1) is 36.3. The van der Waals surface area contributed by atoms with Gasteiger partial charge >= 0.3 is 0 Å². The predicted octanol–water partition coefficient (Wildman–Crippen LogP) is 14.1. The van der Waals surface area contributed by atoms with Crippen molar-refractivity contribution in [1.82, 2.24) is 14.5 Å². The summed E-state index contributed by atoms with van der Waals surface area (Å²) in [6.45, 7) is 11.3. The molecule has 0 radical (unpaired) electrons. The van der Waals surface area contributed by atoms with Crippen LogP contribution >= 0.6 is 0 Å². The van der Waals surface area contributed by atoms with Gasteiger partial charge in [0.25, 0.3) is 0 Å². The van der Waals surface area contributed by atoms with Crippen molar-refractivity contribution in [2.24, 2.45) is 0 Å². The maximum absolute atomic E-state index is 11.4. The van der Waals surface area contributed by atoms with E-state index in [0.29, 0.717) is 11.4 Å². The molecule has 0 spiro atoms. The maximum Gasteiger partial charge on any atom is 0.149 e. The number of para-hydroxylation sites is 2. The lowest BCUT2D eigenvalue weighted by atomic mass is 9.83. The van der Waals surface area contributed by atoms with Crippen LogP contribution in [0.1, 0.15) is 51.3 Å². The Morgan fingerprint density at radius 3 is 1.90 bits per heavy atom. The van der Waals surface area contributed by atoms with Crippen LogP contribution in [0.25, 0.3) is 83.9 Å². The number of hydrogen-bond acceptors (Lipinski definition) is 3. The molecule has 286 valence electrons. The molecule has 0 unspecified atom stereocenters. The summed E-state index contributed by atoms with van der Waals surface area (Å²) in [5.74, 6) is 0.853. The number of fused-ring (bicyclic) bond motifs is 4. The van der Waals surface area contributed by atoms with Gasteiger partial charge in [0.05, 0.1) is 28.0 Å². The van der Waals surface area contributed by atoms with E-state index in [1.54, 1.807) is 6.07 Å². The summed E-state index contributed by atoms with van der Waals surface area (Å²) in [6, 6.07) is 59.6. The van der Waals surface area contributed by atoms with Gasteiger partial charge in [-0.25, -0.2) is 4.98 Å². The van der Waals surface area contributed by atoms with Crippen LogP contribution in [0.15, 0.2) is 176 Å². The zero-order valence-electron chi connectivity index (χ0n) is 34.0. The molecule has 1 N–H and O–H groups in total. The van der Waals surface area contributed by atoms with Gasteiger partial charge in [-0.3, -0.25) is 9.55 Å². The average molecular weight is 764 g/mol. The minimum atomic E-state index is -0.124. The molecule has 9 aromatic rings. The molecule has 59 heavy (non-hydrogen) atoms. The quantitative estimate of drug-likeness (QED) is 0.183. The van der Waals surface area contributed by atoms with Crippen LogP contribution in [0.4, 0.5) is 0 Å². The monoisotopic (exact) mass is 763 g/mol. The van der Waals surface area contributed by atoms with E-state index in [2.05, 4.69) is 191 Å². The fourth-order valence-electron chi connectivity index (χ4n) is 8.94. The molecule has 0 saturated carbocycles. The van der Waals surface area contributed by atoms with E-state index in [1.807, 2.05) is 18.2 Å². The molecule has 4 nitrogen and oxygen atoms in total. The zero-order chi connectivity index (χ0) is 40.5. The number of phenols is 1. The number of nitrogens with zero attached hydrogens (tertiary/aromatic N) is 3. The van der Waals surface area contributed by atoms with Crippen molar-refractivity contribution in [3.63, 3.8) is 0 Å². The van der Waals surface area contributed by atoms with Gasteiger partial charge < -0.3 is 5.11 Å². The number of benzene rings is 7. The zero-order valence-corrected chi connectivity index (χ0v) is 34.0. The maximum atomic E-state index is 11.4. The molecule has 10 rings (SSSR count). The van der Waals surface area contributed by atoms with Crippen LogP contribution < -0.4 is 0 Å². The first-order valence-electron chi connectivity index (χ1n) is 20.4. The lowest BCUT2D eigenvalue weighted by Crippen LogP contribution is -2.15. The van der Waals surface area contributed by atoms with Gasteiger partial charge in [-0.2, -0.15) is 0 Å². The van der Waals surface area contributed by atoms with Crippen molar-refractivity contribution in [2.45, 2.75) is 45.4 Å². The molecule has 2 aromatic heterocycles. The summed E-state index contributed by atoms with van der Waals surface area (Å²) >= 11 is 0. The van der Waals surface area contributed by atoms with Crippen LogP contribution in [0.2, 0.25) is 0 Å². The summed E-state index contributed by atoms with van der Waals surface area (Å²) in [6.07, 6.45) is 2.08. The number of phenolic OH excluding ortho intramolecular Hbond substituents is 1. The first-order chi connectivity index (χ1) is 28.6. The molecule has 1 aliphatic rings. The molecule has 0 aliphatic heterocycles. The molecule has 0 fully saturated rings. The van der Waals surface area contributed by atoms with Gasteiger partial charge in [-0.15, -0.1) is 0 Å². The first-order valence-corrected chi connectivity index (χ1v) is 20.4. The molecule has 1 aliphatic carbocycles. The van der Waals surface area contributed by atoms with Crippen molar-refractivity contribution in [2.75, 3.05) is 0 Å². The third-order valence-electron chi connectivity index (χ3n) is 12.1. The molecular formula is C55H45N3O. The number of rotatable bonds is 6. The summed E-state index contributed by atoms with van der Waals surface area (Å²) in [4.78, 5) is 10.6. The Kier molecular flexibility index (Phi) is 8.50. The molecular weight excluding hydrogens is 719 g/mol. The van der Waals surface area contributed by atoms with E-state index in [1.165, 1.54) is 27.8 Å². The van der Waals surface area contributed by atoms with Gasteiger partial charge in [0.2, 0.25) is 0 Å². The van der Waals surface area contributed by atoms with Crippen molar-refractivity contribution >= 4 is 11.0 Å². The second-order valence-corrected chi connectivity index (χ2v) is 17.3. The van der Waals surface area contributed by atoms with Crippen LogP contribution in [0, 0.1) is 0 Å². The summed E-state index contributed by atoms with van der Waals surface area (Å²) < 4.78 is 2.23. The third-order valence-corrected chi connectivity index (χ3v) is 12.1. The Morgan fingerprint density at radius 2 is 1.15 bits per heavy atom. The second-order valence-electron chi connectivity index (χ2n) is 17.3. The highest BCUT2D eigenvalue weighted by atomic mass is 16.3. The van der Waals surface area contributed by atoms with E-state index in [-0.39, 0.29) is 16.6 Å². The lowest BCUT2D eigenvalue weighted by molar-refractivity contribution is 0.477. The molecule has 0 atom stereocenters. The molecule has 0 bridgehead atoms. The van der Waals surface area contributed by atoms with Gasteiger partial charge in [0, 0.05) is 28.3 Å². The number of aromatic nitrogens is 3. The fourth-order valence-corrected chi connectivity index (χ4v) is 8.94. The topological polar surface area (TPSA) is 50.9 Å². The van der Waals surface area contributed by atoms with E-state index < -0.39 is 0 Å². The molecule has 4 heteroatoms. The van der Waals surface area contributed by atoms with Crippen LogP contribution in [-0.4, -0.2) is 19.6 Å². The highest BCUT2D eigenvalue weighted by Crippen LogP contribution is 2.49. The van der Waals surface area contributed by atoms with Gasteiger partial charge in [0.15, 0.2) is 0 Å². The largest absolute Gasteiger partial charge is 0.507 e. The number of pyridine rings is 1. The average Bonchev–Trinajstić information content (AvgIpc) is 3.76. The third kappa shape index (κ3) is 6.15. The lowest BCUT2D eigenvalue weighted by Gasteiger charge is -2.23. The van der Waals surface area contributed by atoms with Crippen LogP contribution in [0.5, 0.6) is 5.75 Å². The molecule has 2 heterocycles. The Balaban J connectivity index is 1.23. The van der Waals surface area contributed by atoms with E-state index in [4.69, 9.17) is 9.97 Å². The van der Waals surface area contributed by atoms with E-state index >= 15 is 0 Å². The molecule has 0 saturated heterocycles. The van der Waals surface area contributed by atoms with Crippen molar-refractivity contribution < 1.29 is 5.11 Å². The number of imidazole rings is 1. The highest BCUT2D eigenvalue weighted by molar-refractivity contribution is 5.98. The Hall–Kier alpha value is -7.04. The van der Waals surface area contributed by atoms with Crippen molar-refractivity contribution in [3.8, 4) is 78.6 Å². The standard InChI is InChI=1S/C55H45N3O/c1-54(2,3)40-27-28-49(44(32-40)36-19-10-7-11-20-36)58-50-25-16-23-41(52(50)57-53(58)43-22-13-15-26-51(43)59)38-29-37(35-17-8-6-9-18-35)30-39(31-38)48-33-45-42-21-12-14-24-46(42)55(4,5)47(45)34-56-48/h6-34,59H,1-5H3. The Morgan fingerprint density at radius 1 is 0.508 bits per heavy atom. The summed E-state index contributed by atoms with van der Waals surface area (Å²) in [5.41, 5.74) is 18.0. The smallest absolute Gasteiger partial charge is 0.149 e. The van der Waals surface area contributed by atoms with Gasteiger partial charge in [0.1, 0.15) is 11.6 Å². The normalized spacial score (nSPS) is 13.0. The second kappa shape index (κ2) is 13.8. The van der Waals surface area contributed by atoms with Crippen molar-refractivity contribution in [3.05, 3.63) is 193 Å². The predicted molar refractivity (Wildman–Crippen MR) is 244 cm³/mol. The number of hydrogen-bond donors (Lipinski definition) is 1. The van der Waals surface area contributed by atoms with E-state index in [9.17, 15) is 5.11 Å². The van der Waals surface area contributed by atoms with Crippen LogP contribution in [-0.2, 0) is 10.8 Å². The Bertz CT molecular complexity index is 3060. The van der Waals surface area contributed by atoms with Crippen LogP contribution in [0.3, 0.4) is 0 Å². The van der Waals surface area contributed by atoms with Gasteiger partial charge in [-0.05, 0) is 110 Å². The number of aromatic hydroxyl groups is 1. The van der Waals surface area contributed by atoms with Gasteiger partial charge in [-0.1, -0.05) is 150 Å². The summed E-state index contributed by atoms with van der Waals surface area (Å²) in [5, 5.41) is 11.4. The Labute approximate surface area is 346 Å². The molecule has 7 aromatic carbocycles. The minimum absolute atomic E-state index is 0.0540. The van der Waals surface area contributed by atoms with Crippen molar-refractivity contribution in [1.29, 1.82) is 0 Å². The minimum Gasteiger partial charge on any atom is -0.507 e. The highest BCUT2D eigenvalue weighted by Gasteiger charge is 2.36. The summed E-state index contributed by atoms with van der Waals surface area (Å²) in [7, 11) is 0. The fraction of sp³-hybridized carbons (Fsp3) is 0.127. The molecule has 0 amide bonds.